The number of likely N-dealkylation sites (N-methyl/N-ethyl adjacent to an activating group) is 1. The Morgan fingerprint density at radius 1 is 1.18 bits per heavy atom. The number of rotatable bonds is 7. The van der Waals surface area contributed by atoms with E-state index in [4.69, 9.17) is 9.84 Å². The van der Waals surface area contributed by atoms with Crippen molar-refractivity contribution >= 4 is 5.91 Å². The third kappa shape index (κ3) is 7.01. The number of epoxide rings is 1. The standard InChI is InChI=1S/C22H28N2O2.C4H9NO3.H2/c1-24-14-12-18(19(13-15-24)17-8-4-3-5-9-17)16-23-22(25)20-10-6-7-11-21(20)26-2;1-5(7-2)4(6)3-8-4;/h3-11,18-19H,12-16H2,1-2H3,(H,23,25);6H,3H2,1-2H3;1H. The molecule has 188 valence electrons. The molecule has 0 bridgehead atoms. The van der Waals surface area contributed by atoms with E-state index in [1.807, 2.05) is 24.3 Å². The van der Waals surface area contributed by atoms with Gasteiger partial charge in [-0.25, -0.2) is 0 Å². The van der Waals surface area contributed by atoms with Gasteiger partial charge in [-0.2, -0.15) is 0 Å². The maximum Gasteiger partial charge on any atom is 0.274 e. The summed E-state index contributed by atoms with van der Waals surface area (Å²) in [6.07, 6.45) is 2.21. The van der Waals surface area contributed by atoms with Crippen molar-refractivity contribution in [2.45, 2.75) is 24.7 Å². The van der Waals surface area contributed by atoms with Gasteiger partial charge in [-0.15, -0.1) is 5.06 Å². The van der Waals surface area contributed by atoms with Gasteiger partial charge in [-0.05, 0) is 62.5 Å². The minimum absolute atomic E-state index is 0. The molecule has 2 heterocycles. The molecule has 2 aromatic carbocycles. The maximum atomic E-state index is 12.7. The number of aliphatic hydroxyl groups is 1. The van der Waals surface area contributed by atoms with Crippen LogP contribution in [0.3, 0.4) is 0 Å². The predicted octanol–water partition coefficient (Wildman–Crippen LogP) is 2.95. The minimum Gasteiger partial charge on any atom is -0.496 e. The summed E-state index contributed by atoms with van der Waals surface area (Å²) in [5.41, 5.74) is 1.97. The summed E-state index contributed by atoms with van der Waals surface area (Å²) in [6.45, 7) is 3.18. The first-order valence-corrected chi connectivity index (χ1v) is 11.7. The van der Waals surface area contributed by atoms with Gasteiger partial charge in [0.05, 0.1) is 19.8 Å². The second kappa shape index (κ2) is 12.3. The second-order valence-electron chi connectivity index (χ2n) is 8.78. The number of carbonyl (C=O) groups excluding carboxylic acids is 1. The van der Waals surface area contributed by atoms with Crippen LogP contribution in [0.5, 0.6) is 5.75 Å². The molecule has 2 saturated heterocycles. The molecule has 8 nitrogen and oxygen atoms in total. The van der Waals surface area contributed by atoms with Gasteiger partial charge in [0.25, 0.3) is 11.8 Å². The summed E-state index contributed by atoms with van der Waals surface area (Å²) in [6, 6.07) is 18.1. The number of ether oxygens (including phenoxy) is 2. The van der Waals surface area contributed by atoms with Crippen LogP contribution in [0.15, 0.2) is 54.6 Å². The quantitative estimate of drug-likeness (QED) is 0.363. The van der Waals surface area contributed by atoms with Gasteiger partial charge >= 0.3 is 0 Å². The van der Waals surface area contributed by atoms with E-state index < -0.39 is 5.91 Å². The Hall–Kier alpha value is -2.49. The van der Waals surface area contributed by atoms with Crippen LogP contribution in [0.1, 0.15) is 36.1 Å². The Morgan fingerprint density at radius 3 is 2.44 bits per heavy atom. The van der Waals surface area contributed by atoms with Gasteiger partial charge in [0.2, 0.25) is 0 Å². The maximum absolute atomic E-state index is 12.7. The van der Waals surface area contributed by atoms with Gasteiger partial charge in [-0.3, -0.25) is 9.63 Å². The fourth-order valence-corrected chi connectivity index (χ4v) is 4.22. The fourth-order valence-electron chi connectivity index (χ4n) is 4.22. The van der Waals surface area contributed by atoms with E-state index in [-0.39, 0.29) is 7.33 Å². The molecule has 0 spiro atoms. The Morgan fingerprint density at radius 2 is 1.82 bits per heavy atom. The van der Waals surface area contributed by atoms with E-state index in [2.05, 4.69) is 57.2 Å². The van der Waals surface area contributed by atoms with E-state index in [1.165, 1.54) is 17.7 Å². The molecular weight excluding hydrogens is 434 g/mol. The zero-order valence-electron chi connectivity index (χ0n) is 20.6. The number of methoxy groups -OCH3 is 1. The van der Waals surface area contributed by atoms with Crippen molar-refractivity contribution < 1.29 is 25.6 Å². The number of hydroxylamine groups is 2. The van der Waals surface area contributed by atoms with Crippen LogP contribution in [-0.2, 0) is 9.57 Å². The van der Waals surface area contributed by atoms with Crippen LogP contribution in [0.4, 0.5) is 0 Å². The molecule has 2 aliphatic rings. The molecule has 0 radical (unpaired) electrons. The summed E-state index contributed by atoms with van der Waals surface area (Å²) in [5.74, 6) is 0.326. The number of benzene rings is 2. The SMILES string of the molecule is CON(C)C1(O)CO1.COc1ccccc1C(=O)NCC1CCN(C)CCC1c1ccccc1.[HH]. The Kier molecular flexibility index (Phi) is 9.44. The van der Waals surface area contributed by atoms with Gasteiger partial charge in [-0.1, -0.05) is 42.5 Å². The Balaban J connectivity index is 0.000000409. The highest BCUT2D eigenvalue weighted by molar-refractivity contribution is 5.96. The summed E-state index contributed by atoms with van der Waals surface area (Å²) >= 11 is 0. The van der Waals surface area contributed by atoms with Gasteiger partial charge < -0.3 is 24.8 Å². The molecule has 4 rings (SSSR count). The van der Waals surface area contributed by atoms with Crippen molar-refractivity contribution in [3.63, 3.8) is 0 Å². The van der Waals surface area contributed by atoms with Crippen LogP contribution < -0.4 is 10.1 Å². The number of likely N-dealkylation sites (tertiary alicyclic amines) is 1. The van der Waals surface area contributed by atoms with Crippen LogP contribution in [0.2, 0.25) is 0 Å². The number of hydrogen-bond donors (Lipinski definition) is 2. The van der Waals surface area contributed by atoms with Crippen LogP contribution in [-0.4, -0.2) is 81.4 Å². The number of nitrogens with one attached hydrogen (secondary N) is 1. The largest absolute Gasteiger partial charge is 0.496 e. The molecule has 2 N–H and O–H groups in total. The van der Waals surface area contributed by atoms with E-state index in [9.17, 15) is 4.79 Å². The predicted molar refractivity (Wildman–Crippen MR) is 133 cm³/mol. The first kappa shape index (κ1) is 26.1. The van der Waals surface area contributed by atoms with Crippen LogP contribution >= 0.6 is 0 Å². The molecule has 34 heavy (non-hydrogen) atoms. The first-order chi connectivity index (χ1) is 16.4. The van der Waals surface area contributed by atoms with Gasteiger partial charge in [0.15, 0.2) is 0 Å². The highest BCUT2D eigenvalue weighted by Gasteiger charge is 2.48. The minimum atomic E-state index is -1.13. The topological polar surface area (TPSA) is 86.8 Å². The smallest absolute Gasteiger partial charge is 0.274 e. The number of amides is 1. The van der Waals surface area contributed by atoms with Crippen molar-refractivity contribution in [1.82, 2.24) is 15.3 Å². The second-order valence-corrected chi connectivity index (χ2v) is 8.78. The fraction of sp³-hybridized carbons (Fsp3) is 0.500. The molecule has 3 atom stereocenters. The van der Waals surface area contributed by atoms with Crippen molar-refractivity contribution in [2.24, 2.45) is 5.92 Å². The Labute approximate surface area is 203 Å². The normalized spacial score (nSPS) is 24.5. The molecule has 2 aromatic rings. The highest BCUT2D eigenvalue weighted by atomic mass is 16.8. The molecule has 0 aliphatic carbocycles. The van der Waals surface area contributed by atoms with Crippen molar-refractivity contribution in [3.8, 4) is 5.75 Å². The average Bonchev–Trinajstić information content (AvgIpc) is 3.66. The number of nitrogens with zero attached hydrogens (tertiary/aromatic N) is 2. The van der Waals surface area contributed by atoms with Crippen LogP contribution in [0.25, 0.3) is 0 Å². The lowest BCUT2D eigenvalue weighted by Gasteiger charge is -2.25. The van der Waals surface area contributed by atoms with Gasteiger partial charge in [0.1, 0.15) is 12.4 Å². The summed E-state index contributed by atoms with van der Waals surface area (Å²) in [5, 5.41) is 13.4. The van der Waals surface area contributed by atoms with E-state index >= 15 is 0 Å². The monoisotopic (exact) mass is 473 g/mol. The number of carbonyl (C=O) groups is 1. The van der Waals surface area contributed by atoms with Crippen molar-refractivity contribution in [1.29, 1.82) is 0 Å². The lowest BCUT2D eigenvalue weighted by Crippen LogP contribution is -2.33. The first-order valence-electron chi connectivity index (χ1n) is 11.7. The Bertz CT molecular complexity index is 913. The molecule has 0 aromatic heterocycles. The lowest BCUT2D eigenvalue weighted by atomic mass is 9.82. The third-order valence-corrected chi connectivity index (χ3v) is 6.55. The van der Waals surface area contributed by atoms with Crippen molar-refractivity contribution in [2.75, 3.05) is 54.6 Å². The average molecular weight is 474 g/mol. The van der Waals surface area contributed by atoms with E-state index in [1.54, 1.807) is 14.2 Å². The lowest BCUT2D eigenvalue weighted by molar-refractivity contribution is -0.257. The van der Waals surface area contributed by atoms with Crippen molar-refractivity contribution in [3.05, 3.63) is 65.7 Å². The molecule has 2 fully saturated rings. The highest BCUT2D eigenvalue weighted by Crippen LogP contribution is 2.33. The number of hydrogen-bond acceptors (Lipinski definition) is 7. The summed E-state index contributed by atoms with van der Waals surface area (Å²) in [4.78, 5) is 19.7. The molecule has 8 heteroatoms. The molecule has 3 unspecified atom stereocenters. The molecular formula is C26H39N3O5. The zero-order valence-corrected chi connectivity index (χ0v) is 20.6. The summed E-state index contributed by atoms with van der Waals surface area (Å²) < 4.78 is 9.92. The molecule has 0 saturated carbocycles. The van der Waals surface area contributed by atoms with Gasteiger partial charge in [0, 0.05) is 15.0 Å². The zero-order chi connectivity index (χ0) is 24.6. The number of para-hydroxylation sites is 1. The third-order valence-electron chi connectivity index (χ3n) is 6.55. The van der Waals surface area contributed by atoms with Crippen LogP contribution in [0, 0.1) is 5.92 Å². The van der Waals surface area contributed by atoms with E-state index in [0.717, 1.165) is 25.9 Å². The molecule has 2 aliphatic heterocycles. The van der Waals surface area contributed by atoms with E-state index in [0.29, 0.717) is 36.3 Å². The summed E-state index contributed by atoms with van der Waals surface area (Å²) in [7, 11) is 6.85. The molecule has 1 amide bonds.